The monoisotopic (exact) mass is 629 g/mol. The first kappa shape index (κ1) is 30.4. The Balaban J connectivity index is 1.54. The first-order chi connectivity index (χ1) is 23.0. The molecule has 0 bridgehead atoms. The van der Waals surface area contributed by atoms with E-state index in [9.17, 15) is 19.5 Å². The molecule has 0 aliphatic carbocycles. The Labute approximate surface area is 272 Å². The summed E-state index contributed by atoms with van der Waals surface area (Å²) in [6.07, 6.45) is 0.821. The molecule has 6 atom stereocenters. The average molecular weight is 630 g/mol. The summed E-state index contributed by atoms with van der Waals surface area (Å²) in [5.74, 6) is -2.10. The number of hydrogen-bond acceptors (Lipinski definition) is 7. The molecule has 0 unspecified atom stereocenters. The lowest BCUT2D eigenvalue weighted by Crippen LogP contribution is -2.54. The number of aliphatic hydroxyl groups is 1. The first-order valence-corrected chi connectivity index (χ1v) is 15.7. The van der Waals surface area contributed by atoms with Gasteiger partial charge in [-0.1, -0.05) is 97.1 Å². The SMILES string of the molecule is C=CCNC(=O)[C@@H]1[C@H]2C(=O)O[C@H](c3ccccc3)[C@H](c3ccccc3)N2[C@H](c2cccc(OCCO)c2)[C@@]12C(=O)Nc1ccccc12. The molecule has 3 N–H and O–H groups in total. The fourth-order valence-corrected chi connectivity index (χ4v) is 7.77. The van der Waals surface area contributed by atoms with E-state index in [1.807, 2.05) is 108 Å². The highest BCUT2D eigenvalue weighted by Crippen LogP contribution is 2.64. The molecule has 9 heteroatoms. The average Bonchev–Trinajstić information content (AvgIpc) is 3.59. The maximum atomic E-state index is 14.8. The van der Waals surface area contributed by atoms with Crippen LogP contribution in [0.25, 0.3) is 0 Å². The number of para-hydroxylation sites is 1. The third-order valence-corrected chi connectivity index (χ3v) is 9.45. The molecular formula is C38H35N3O6. The van der Waals surface area contributed by atoms with Gasteiger partial charge < -0.3 is 25.2 Å². The summed E-state index contributed by atoms with van der Waals surface area (Å²) in [6.45, 7) is 3.82. The van der Waals surface area contributed by atoms with Gasteiger partial charge in [-0.05, 0) is 40.5 Å². The van der Waals surface area contributed by atoms with E-state index in [4.69, 9.17) is 9.47 Å². The van der Waals surface area contributed by atoms with Crippen LogP contribution in [0.15, 0.2) is 122 Å². The lowest BCUT2D eigenvalue weighted by atomic mass is 9.65. The number of rotatable bonds is 9. The lowest BCUT2D eigenvalue weighted by Gasteiger charge is -2.46. The standard InChI is InChI=1S/C38H35N3O6/c1-2-20-39-35(43)30-32-36(44)47-33(25-14-7-4-8-15-25)31(24-12-5-3-6-13-24)41(32)34(26-16-11-17-27(23-26)46-22-21-42)38(30)28-18-9-10-19-29(28)40-37(38)45/h2-19,23,30-34,42H,1,20-22H2,(H,39,43)(H,40,45)/t30-,31-,32-,33+,34+,38-/m0/s1. The number of fused-ring (bicyclic) bond motifs is 3. The van der Waals surface area contributed by atoms with Gasteiger partial charge in [-0.25, -0.2) is 0 Å². The van der Waals surface area contributed by atoms with Crippen molar-refractivity contribution in [1.29, 1.82) is 0 Å². The molecule has 2 amide bonds. The molecule has 0 saturated carbocycles. The van der Waals surface area contributed by atoms with Gasteiger partial charge in [-0.15, -0.1) is 6.58 Å². The van der Waals surface area contributed by atoms with Crippen molar-refractivity contribution in [3.63, 3.8) is 0 Å². The number of nitrogens with zero attached hydrogens (tertiary/aromatic N) is 1. The fourth-order valence-electron chi connectivity index (χ4n) is 7.77. The molecule has 238 valence electrons. The summed E-state index contributed by atoms with van der Waals surface area (Å²) in [6, 6.07) is 31.4. The Hall–Kier alpha value is -5.25. The van der Waals surface area contributed by atoms with Crippen molar-refractivity contribution in [3.8, 4) is 5.75 Å². The fraction of sp³-hybridized carbons (Fsp3) is 0.237. The van der Waals surface area contributed by atoms with Crippen LogP contribution in [0.5, 0.6) is 5.75 Å². The minimum absolute atomic E-state index is 0.0799. The minimum Gasteiger partial charge on any atom is -0.491 e. The summed E-state index contributed by atoms with van der Waals surface area (Å²) < 4.78 is 12.2. The number of benzene rings is 4. The molecule has 47 heavy (non-hydrogen) atoms. The van der Waals surface area contributed by atoms with E-state index in [0.29, 0.717) is 22.6 Å². The molecule has 3 aliphatic heterocycles. The molecule has 1 spiro atoms. The van der Waals surface area contributed by atoms with E-state index in [-0.39, 0.29) is 25.7 Å². The smallest absolute Gasteiger partial charge is 0.324 e. The number of anilines is 1. The van der Waals surface area contributed by atoms with Crippen LogP contribution in [0.4, 0.5) is 5.69 Å². The van der Waals surface area contributed by atoms with Crippen LogP contribution < -0.4 is 15.4 Å². The summed E-state index contributed by atoms with van der Waals surface area (Å²) >= 11 is 0. The second kappa shape index (κ2) is 12.5. The zero-order valence-corrected chi connectivity index (χ0v) is 25.6. The van der Waals surface area contributed by atoms with E-state index < -0.39 is 47.4 Å². The van der Waals surface area contributed by atoms with Crippen LogP contribution in [0, 0.1) is 5.92 Å². The number of hydrogen-bond donors (Lipinski definition) is 3. The van der Waals surface area contributed by atoms with Crippen molar-refractivity contribution in [1.82, 2.24) is 10.2 Å². The van der Waals surface area contributed by atoms with Crippen LogP contribution in [-0.2, 0) is 24.5 Å². The summed E-state index contributed by atoms with van der Waals surface area (Å²) in [5.41, 5.74) is 2.00. The number of aliphatic hydroxyl groups excluding tert-OH is 1. The Morgan fingerprint density at radius 3 is 2.32 bits per heavy atom. The van der Waals surface area contributed by atoms with E-state index in [2.05, 4.69) is 17.2 Å². The highest BCUT2D eigenvalue weighted by Gasteiger charge is 2.73. The molecule has 3 aliphatic rings. The molecule has 2 saturated heterocycles. The largest absolute Gasteiger partial charge is 0.491 e. The summed E-state index contributed by atoms with van der Waals surface area (Å²) in [4.78, 5) is 45.8. The van der Waals surface area contributed by atoms with E-state index in [0.717, 1.165) is 11.1 Å². The topological polar surface area (TPSA) is 117 Å². The van der Waals surface area contributed by atoms with Gasteiger partial charge in [-0.3, -0.25) is 19.3 Å². The molecule has 0 radical (unpaired) electrons. The summed E-state index contributed by atoms with van der Waals surface area (Å²) in [5, 5.41) is 15.5. The van der Waals surface area contributed by atoms with E-state index >= 15 is 0 Å². The molecule has 7 rings (SSSR count). The first-order valence-electron chi connectivity index (χ1n) is 15.7. The zero-order valence-electron chi connectivity index (χ0n) is 25.6. The normalized spacial score (nSPS) is 26.2. The number of carbonyl (C=O) groups is 3. The van der Waals surface area contributed by atoms with Gasteiger partial charge in [-0.2, -0.15) is 0 Å². The Bertz CT molecular complexity index is 1810. The van der Waals surface area contributed by atoms with Crippen LogP contribution in [-0.4, -0.2) is 53.6 Å². The highest BCUT2D eigenvalue weighted by atomic mass is 16.6. The van der Waals surface area contributed by atoms with Crippen LogP contribution in [0.1, 0.15) is 40.4 Å². The molecule has 0 aromatic heterocycles. The van der Waals surface area contributed by atoms with Crippen molar-refractivity contribution in [2.24, 2.45) is 5.92 Å². The maximum absolute atomic E-state index is 14.8. The van der Waals surface area contributed by atoms with Crippen LogP contribution in [0.2, 0.25) is 0 Å². The van der Waals surface area contributed by atoms with Crippen molar-refractivity contribution in [2.75, 3.05) is 25.1 Å². The van der Waals surface area contributed by atoms with Gasteiger partial charge in [0, 0.05) is 12.2 Å². The second-order valence-electron chi connectivity index (χ2n) is 11.9. The van der Waals surface area contributed by atoms with Gasteiger partial charge >= 0.3 is 5.97 Å². The Kier molecular flexibility index (Phi) is 8.09. The van der Waals surface area contributed by atoms with Crippen molar-refractivity contribution < 1.29 is 29.0 Å². The maximum Gasteiger partial charge on any atom is 0.324 e. The second-order valence-corrected chi connectivity index (χ2v) is 11.9. The third-order valence-electron chi connectivity index (χ3n) is 9.45. The number of esters is 1. The highest BCUT2D eigenvalue weighted by molar-refractivity contribution is 6.12. The van der Waals surface area contributed by atoms with Gasteiger partial charge in [0.25, 0.3) is 0 Å². The zero-order chi connectivity index (χ0) is 32.5. The number of nitrogens with one attached hydrogen (secondary N) is 2. The summed E-state index contributed by atoms with van der Waals surface area (Å²) in [7, 11) is 0. The number of carbonyl (C=O) groups excluding carboxylic acids is 3. The van der Waals surface area contributed by atoms with E-state index in [1.165, 1.54) is 0 Å². The number of morpholine rings is 1. The lowest BCUT2D eigenvalue weighted by molar-refractivity contribution is -0.178. The van der Waals surface area contributed by atoms with Gasteiger partial charge in [0.15, 0.2) is 0 Å². The predicted octanol–water partition coefficient (Wildman–Crippen LogP) is 4.63. The van der Waals surface area contributed by atoms with Crippen molar-refractivity contribution in [3.05, 3.63) is 144 Å². The Morgan fingerprint density at radius 1 is 0.915 bits per heavy atom. The number of amides is 2. The third kappa shape index (κ3) is 4.90. The predicted molar refractivity (Wildman–Crippen MR) is 175 cm³/mol. The molecule has 4 aromatic carbocycles. The van der Waals surface area contributed by atoms with Crippen molar-refractivity contribution in [2.45, 2.75) is 29.6 Å². The van der Waals surface area contributed by atoms with Gasteiger partial charge in [0.1, 0.15) is 29.9 Å². The van der Waals surface area contributed by atoms with Crippen LogP contribution in [0.3, 0.4) is 0 Å². The van der Waals surface area contributed by atoms with E-state index in [1.54, 1.807) is 12.1 Å². The molecule has 3 heterocycles. The Morgan fingerprint density at radius 2 is 1.60 bits per heavy atom. The quantitative estimate of drug-likeness (QED) is 0.183. The van der Waals surface area contributed by atoms with Gasteiger partial charge in [0.2, 0.25) is 11.8 Å². The molecule has 4 aromatic rings. The van der Waals surface area contributed by atoms with Gasteiger partial charge in [0.05, 0.1) is 24.6 Å². The minimum atomic E-state index is -1.54. The van der Waals surface area contributed by atoms with Crippen molar-refractivity contribution >= 4 is 23.5 Å². The number of cyclic esters (lactones) is 1. The molecule has 9 nitrogen and oxygen atoms in total. The molecule has 2 fully saturated rings. The van der Waals surface area contributed by atoms with Crippen LogP contribution >= 0.6 is 0 Å². The molecular weight excluding hydrogens is 594 g/mol. The number of ether oxygens (including phenoxy) is 2.